The number of rotatable bonds is 5. The van der Waals surface area contributed by atoms with E-state index < -0.39 is 0 Å². The van der Waals surface area contributed by atoms with Gasteiger partial charge < -0.3 is 10.6 Å². The van der Waals surface area contributed by atoms with Gasteiger partial charge in [0.25, 0.3) is 0 Å². The van der Waals surface area contributed by atoms with Crippen molar-refractivity contribution < 1.29 is 4.79 Å². The molecule has 0 bridgehead atoms. The normalized spacial score (nSPS) is 24.8. The molecule has 4 rings (SSSR count). The van der Waals surface area contributed by atoms with Gasteiger partial charge in [-0.05, 0) is 42.2 Å². The molecule has 2 aromatic rings. The third-order valence-electron chi connectivity index (χ3n) is 5.33. The van der Waals surface area contributed by atoms with Crippen LogP contribution < -0.4 is 10.6 Å². The number of carbonyl (C=O) groups is 1. The first-order chi connectivity index (χ1) is 11.6. The molecule has 0 spiro atoms. The molecule has 0 radical (unpaired) electrons. The number of aryl methyl sites for hydroxylation is 1. The molecule has 1 aromatic carbocycles. The Morgan fingerprint density at radius 3 is 3.00 bits per heavy atom. The van der Waals surface area contributed by atoms with Gasteiger partial charge in [-0.15, -0.1) is 11.3 Å². The van der Waals surface area contributed by atoms with E-state index in [2.05, 4.69) is 52.2 Å². The quantitative estimate of drug-likeness (QED) is 0.875. The van der Waals surface area contributed by atoms with Crippen molar-refractivity contribution in [3.05, 3.63) is 51.5 Å². The van der Waals surface area contributed by atoms with Crippen molar-refractivity contribution in [3.63, 3.8) is 0 Å². The summed E-state index contributed by atoms with van der Waals surface area (Å²) in [7, 11) is 0. The molecule has 2 N–H and O–H groups in total. The number of hydrogen-bond donors (Lipinski definition) is 2. The van der Waals surface area contributed by atoms with E-state index in [-0.39, 0.29) is 11.9 Å². The molecule has 126 valence electrons. The van der Waals surface area contributed by atoms with Gasteiger partial charge in [0.1, 0.15) is 0 Å². The highest BCUT2D eigenvalue weighted by molar-refractivity contribution is 7.09. The molecule has 5 heteroatoms. The van der Waals surface area contributed by atoms with Crippen LogP contribution in [0.5, 0.6) is 0 Å². The van der Waals surface area contributed by atoms with Crippen molar-refractivity contribution in [2.24, 2.45) is 11.8 Å². The average Bonchev–Trinajstić information content (AvgIpc) is 2.92. The molecule has 0 saturated heterocycles. The number of aromatic nitrogens is 1. The van der Waals surface area contributed by atoms with E-state index in [1.165, 1.54) is 17.5 Å². The predicted molar refractivity (Wildman–Crippen MR) is 96.5 cm³/mol. The molecule has 4 nitrogen and oxygen atoms in total. The van der Waals surface area contributed by atoms with Crippen LogP contribution >= 0.6 is 11.3 Å². The monoisotopic (exact) mass is 341 g/mol. The summed E-state index contributed by atoms with van der Waals surface area (Å²) in [6, 6.07) is 8.67. The minimum atomic E-state index is -0.0617. The Bertz CT molecular complexity index is 757. The van der Waals surface area contributed by atoms with Crippen LogP contribution in [0, 0.1) is 18.8 Å². The second kappa shape index (κ2) is 6.20. The highest BCUT2D eigenvalue weighted by atomic mass is 32.1. The number of hydrogen-bond acceptors (Lipinski definition) is 3. The molecule has 1 fully saturated rings. The van der Waals surface area contributed by atoms with Gasteiger partial charge in [-0.3, -0.25) is 0 Å². The van der Waals surface area contributed by atoms with E-state index in [4.69, 9.17) is 0 Å². The van der Waals surface area contributed by atoms with E-state index in [0.29, 0.717) is 18.4 Å². The number of nitrogens with one attached hydrogen (secondary N) is 2. The van der Waals surface area contributed by atoms with Gasteiger partial charge in [-0.25, -0.2) is 9.78 Å². The van der Waals surface area contributed by atoms with Crippen LogP contribution in [0.1, 0.15) is 40.6 Å². The molecule has 1 saturated carbocycles. The molecule has 24 heavy (non-hydrogen) atoms. The molecule has 2 aliphatic rings. The van der Waals surface area contributed by atoms with Crippen molar-refractivity contribution >= 4 is 17.4 Å². The van der Waals surface area contributed by atoms with E-state index >= 15 is 0 Å². The average molecular weight is 341 g/mol. The van der Waals surface area contributed by atoms with Gasteiger partial charge in [-0.1, -0.05) is 31.2 Å². The topological polar surface area (TPSA) is 54.0 Å². The minimum absolute atomic E-state index is 0.0617. The number of carbonyl (C=O) groups excluding carboxylic acids is 1. The molecular weight excluding hydrogens is 318 g/mol. The summed E-state index contributed by atoms with van der Waals surface area (Å²) in [5, 5.41) is 9.16. The van der Waals surface area contributed by atoms with Crippen LogP contribution in [0.25, 0.3) is 0 Å². The zero-order valence-corrected chi connectivity index (χ0v) is 14.9. The van der Waals surface area contributed by atoms with Crippen molar-refractivity contribution in [1.29, 1.82) is 0 Å². The first-order valence-electron chi connectivity index (χ1n) is 8.65. The lowest BCUT2D eigenvalue weighted by Gasteiger charge is -2.12. The predicted octanol–water partition coefficient (Wildman–Crippen LogP) is 3.44. The van der Waals surface area contributed by atoms with Crippen molar-refractivity contribution in [2.45, 2.75) is 32.1 Å². The Morgan fingerprint density at radius 2 is 2.21 bits per heavy atom. The van der Waals surface area contributed by atoms with E-state index in [0.717, 1.165) is 23.2 Å². The van der Waals surface area contributed by atoms with Crippen LogP contribution in [0.4, 0.5) is 4.79 Å². The number of thiazole rings is 1. The van der Waals surface area contributed by atoms with Gasteiger partial charge in [0.2, 0.25) is 0 Å². The van der Waals surface area contributed by atoms with Crippen LogP contribution in [-0.2, 0) is 6.42 Å². The number of benzene rings is 1. The number of urea groups is 1. The van der Waals surface area contributed by atoms with Gasteiger partial charge in [0.15, 0.2) is 0 Å². The summed E-state index contributed by atoms with van der Waals surface area (Å²) in [5.74, 6) is 2.27. The fourth-order valence-electron chi connectivity index (χ4n) is 3.97. The number of amides is 2. The third-order valence-corrected chi connectivity index (χ3v) is 6.52. The molecule has 2 amide bonds. The molecule has 1 aromatic heterocycles. The molecule has 0 unspecified atom stereocenters. The fraction of sp³-hybridized carbons (Fsp3) is 0.474. The maximum absolute atomic E-state index is 12.0. The van der Waals surface area contributed by atoms with E-state index in [1.807, 2.05) is 6.92 Å². The third kappa shape index (κ3) is 2.93. The van der Waals surface area contributed by atoms with Gasteiger partial charge >= 0.3 is 6.03 Å². The van der Waals surface area contributed by atoms with Gasteiger partial charge in [-0.2, -0.15) is 0 Å². The molecule has 4 atom stereocenters. The van der Waals surface area contributed by atoms with Crippen LogP contribution in [-0.4, -0.2) is 24.1 Å². The highest BCUT2D eigenvalue weighted by Gasteiger charge is 2.54. The van der Waals surface area contributed by atoms with E-state index in [1.54, 1.807) is 11.3 Å². The zero-order chi connectivity index (χ0) is 16.7. The van der Waals surface area contributed by atoms with Crippen molar-refractivity contribution in [1.82, 2.24) is 15.6 Å². The Kier molecular flexibility index (Phi) is 4.04. The molecule has 2 aliphatic carbocycles. The minimum Gasteiger partial charge on any atom is -0.338 e. The molecule has 1 heterocycles. The lowest BCUT2D eigenvalue weighted by Crippen LogP contribution is -2.38. The van der Waals surface area contributed by atoms with Gasteiger partial charge in [0.05, 0.1) is 5.01 Å². The summed E-state index contributed by atoms with van der Waals surface area (Å²) in [6.07, 6.45) is 1.18. The summed E-state index contributed by atoms with van der Waals surface area (Å²) in [6.45, 7) is 5.50. The lowest BCUT2D eigenvalue weighted by atomic mass is 10.0. The maximum Gasteiger partial charge on any atom is 0.314 e. The largest absolute Gasteiger partial charge is 0.338 e. The lowest BCUT2D eigenvalue weighted by molar-refractivity contribution is 0.239. The highest BCUT2D eigenvalue weighted by Crippen LogP contribution is 2.60. The fourth-order valence-corrected chi connectivity index (χ4v) is 4.82. The molecular formula is C19H23N3OS. The van der Waals surface area contributed by atoms with Crippen LogP contribution in [0.3, 0.4) is 0 Å². The maximum atomic E-state index is 12.0. The first-order valence-corrected chi connectivity index (χ1v) is 9.53. The SMILES string of the molecule is Cc1csc([C@H](C)CNC(=O)NC[C@@H]2[C@H]3Cc4ccccc4[C@H]23)n1. The second-order valence-corrected chi connectivity index (χ2v) is 7.97. The number of nitrogens with zero attached hydrogens (tertiary/aromatic N) is 1. The summed E-state index contributed by atoms with van der Waals surface area (Å²) in [5.41, 5.74) is 4.05. The Labute approximate surface area is 146 Å². The Hall–Kier alpha value is -1.88. The summed E-state index contributed by atoms with van der Waals surface area (Å²) < 4.78 is 0. The zero-order valence-electron chi connectivity index (χ0n) is 14.1. The number of fused-ring (bicyclic) bond motifs is 3. The second-order valence-electron chi connectivity index (χ2n) is 7.08. The van der Waals surface area contributed by atoms with Crippen molar-refractivity contribution in [2.75, 3.05) is 13.1 Å². The summed E-state index contributed by atoms with van der Waals surface area (Å²) in [4.78, 5) is 16.5. The molecule has 0 aliphatic heterocycles. The standard InChI is InChI=1S/C19H23N3OS/c1-11(18-22-12(2)10-24-18)8-20-19(23)21-9-16-15-7-13-5-3-4-6-14(13)17(15)16/h3-6,10-11,15-17H,7-9H2,1-2H3,(H2,20,21,23)/t11-,15-,16-,17+/m1/s1. The Morgan fingerprint density at radius 1 is 1.38 bits per heavy atom. The van der Waals surface area contributed by atoms with Crippen LogP contribution in [0.2, 0.25) is 0 Å². The smallest absolute Gasteiger partial charge is 0.314 e. The Balaban J connectivity index is 1.21. The van der Waals surface area contributed by atoms with Gasteiger partial charge in [0, 0.05) is 30.1 Å². The van der Waals surface area contributed by atoms with Crippen LogP contribution in [0.15, 0.2) is 29.6 Å². The van der Waals surface area contributed by atoms with E-state index in [9.17, 15) is 4.79 Å². The summed E-state index contributed by atoms with van der Waals surface area (Å²) >= 11 is 1.66. The first kappa shape index (κ1) is 15.6. The van der Waals surface area contributed by atoms with Crippen molar-refractivity contribution in [3.8, 4) is 0 Å².